The van der Waals surface area contributed by atoms with E-state index in [-0.39, 0.29) is 22.4 Å². The molecule has 1 amide bonds. The molecule has 22 heavy (non-hydrogen) atoms. The summed E-state index contributed by atoms with van der Waals surface area (Å²) in [6.07, 6.45) is 1.90. The molecule has 1 heterocycles. The molecule has 2 rings (SSSR count). The summed E-state index contributed by atoms with van der Waals surface area (Å²) in [5.74, 6) is -0.127. The molecule has 116 valence electrons. The number of nitro benzene ring substituents is 1. The number of rotatable bonds is 6. The molecule has 2 aromatic rings. The fourth-order valence-electron chi connectivity index (χ4n) is 1.37. The number of hydrogen-bond donors (Lipinski definition) is 1. The van der Waals surface area contributed by atoms with Crippen LogP contribution in [0.1, 0.15) is 0 Å². The van der Waals surface area contributed by atoms with Gasteiger partial charge in [-0.3, -0.25) is 14.9 Å². The van der Waals surface area contributed by atoms with Gasteiger partial charge in [0.15, 0.2) is 8.68 Å². The molecule has 0 unspecified atom stereocenters. The SMILES string of the molecule is CSc1nnc(SCC(=O)Nc2ccc([N+](=O)[O-])cc2Cl)s1. The summed E-state index contributed by atoms with van der Waals surface area (Å²) >= 11 is 10.1. The Morgan fingerprint density at radius 3 is 2.77 bits per heavy atom. The summed E-state index contributed by atoms with van der Waals surface area (Å²) in [7, 11) is 0. The number of non-ortho nitro benzene ring substituents is 1. The predicted molar refractivity (Wildman–Crippen MR) is 89.2 cm³/mol. The molecule has 1 aromatic heterocycles. The molecule has 0 radical (unpaired) electrons. The van der Waals surface area contributed by atoms with Crippen molar-refractivity contribution in [1.29, 1.82) is 0 Å². The maximum absolute atomic E-state index is 11.9. The zero-order valence-electron chi connectivity index (χ0n) is 11.1. The Kier molecular flexibility index (Phi) is 6.00. The first-order chi connectivity index (χ1) is 10.5. The van der Waals surface area contributed by atoms with Gasteiger partial charge in [0.05, 0.1) is 21.4 Å². The number of carbonyl (C=O) groups is 1. The van der Waals surface area contributed by atoms with Crippen LogP contribution in [0.5, 0.6) is 0 Å². The monoisotopic (exact) mass is 376 g/mol. The van der Waals surface area contributed by atoms with E-state index in [0.717, 1.165) is 4.34 Å². The molecule has 0 spiro atoms. The number of nitro groups is 1. The maximum Gasteiger partial charge on any atom is 0.271 e. The molecule has 11 heteroatoms. The molecule has 0 aliphatic rings. The summed E-state index contributed by atoms with van der Waals surface area (Å²) in [5, 5.41) is 21.2. The second kappa shape index (κ2) is 7.77. The van der Waals surface area contributed by atoms with Crippen LogP contribution < -0.4 is 5.32 Å². The van der Waals surface area contributed by atoms with Crippen molar-refractivity contribution in [2.24, 2.45) is 0 Å². The lowest BCUT2D eigenvalue weighted by molar-refractivity contribution is -0.384. The first-order valence-electron chi connectivity index (χ1n) is 5.73. The maximum atomic E-state index is 11.9. The van der Waals surface area contributed by atoms with Crippen LogP contribution in [0.15, 0.2) is 26.9 Å². The molecule has 1 N–H and O–H groups in total. The normalized spacial score (nSPS) is 10.5. The number of anilines is 1. The summed E-state index contributed by atoms with van der Waals surface area (Å²) < 4.78 is 1.54. The van der Waals surface area contributed by atoms with Gasteiger partial charge in [-0.25, -0.2) is 0 Å². The van der Waals surface area contributed by atoms with Gasteiger partial charge in [-0.1, -0.05) is 46.5 Å². The van der Waals surface area contributed by atoms with E-state index in [2.05, 4.69) is 15.5 Å². The van der Waals surface area contributed by atoms with Crippen molar-refractivity contribution in [2.45, 2.75) is 8.68 Å². The Balaban J connectivity index is 1.93. The second-order valence-electron chi connectivity index (χ2n) is 3.80. The van der Waals surface area contributed by atoms with Gasteiger partial charge >= 0.3 is 0 Å². The van der Waals surface area contributed by atoms with E-state index in [4.69, 9.17) is 11.6 Å². The molecule has 7 nitrogen and oxygen atoms in total. The lowest BCUT2D eigenvalue weighted by atomic mass is 10.3. The van der Waals surface area contributed by atoms with Crippen LogP contribution >= 0.6 is 46.5 Å². The first-order valence-corrected chi connectivity index (χ1v) is 9.14. The van der Waals surface area contributed by atoms with Gasteiger partial charge < -0.3 is 5.32 Å². The Morgan fingerprint density at radius 2 is 2.18 bits per heavy atom. The summed E-state index contributed by atoms with van der Waals surface area (Å²) in [6.45, 7) is 0. The van der Waals surface area contributed by atoms with Gasteiger partial charge in [-0.15, -0.1) is 10.2 Å². The van der Waals surface area contributed by atoms with Crippen molar-refractivity contribution in [3.63, 3.8) is 0 Å². The van der Waals surface area contributed by atoms with Crippen LogP contribution in [0, 0.1) is 10.1 Å². The highest BCUT2D eigenvalue weighted by Crippen LogP contribution is 2.29. The van der Waals surface area contributed by atoms with Crippen LogP contribution in [0.4, 0.5) is 11.4 Å². The van der Waals surface area contributed by atoms with Crippen molar-refractivity contribution in [2.75, 3.05) is 17.3 Å². The van der Waals surface area contributed by atoms with E-state index >= 15 is 0 Å². The third-order valence-corrected chi connectivity index (χ3v) is 5.67. The quantitative estimate of drug-likeness (QED) is 0.467. The minimum absolute atomic E-state index is 0.119. The molecule has 0 atom stereocenters. The fraction of sp³-hybridized carbons (Fsp3) is 0.182. The highest BCUT2D eigenvalue weighted by Gasteiger charge is 2.12. The van der Waals surface area contributed by atoms with Gasteiger partial charge in [0, 0.05) is 12.1 Å². The van der Waals surface area contributed by atoms with Gasteiger partial charge in [0.25, 0.3) is 5.69 Å². The van der Waals surface area contributed by atoms with Crippen LogP contribution in [0.3, 0.4) is 0 Å². The number of aromatic nitrogens is 2. The Labute approximate surface area is 143 Å². The van der Waals surface area contributed by atoms with Crippen LogP contribution in [0.25, 0.3) is 0 Å². The standard InChI is InChI=1S/C11H9ClN4O3S3/c1-20-10-14-15-11(22-10)21-5-9(17)13-8-3-2-6(16(18)19)4-7(8)12/h2-4H,5H2,1H3,(H,13,17). The smallest absolute Gasteiger partial charge is 0.271 e. The van der Waals surface area contributed by atoms with E-state index in [0.29, 0.717) is 10.0 Å². The lowest BCUT2D eigenvalue weighted by Crippen LogP contribution is -2.14. The Bertz CT molecular complexity index is 710. The second-order valence-corrected chi connectivity index (χ2v) is 7.46. The molecular weight excluding hydrogens is 368 g/mol. The van der Waals surface area contributed by atoms with Gasteiger partial charge in [-0.05, 0) is 12.3 Å². The predicted octanol–water partition coefficient (Wildman–Crippen LogP) is 3.55. The number of hydrogen-bond acceptors (Lipinski definition) is 8. The van der Waals surface area contributed by atoms with E-state index < -0.39 is 4.92 Å². The summed E-state index contributed by atoms with van der Waals surface area (Å²) in [6, 6.07) is 3.88. The molecule has 0 saturated carbocycles. The van der Waals surface area contributed by atoms with Crippen molar-refractivity contribution >= 4 is 63.7 Å². The van der Waals surface area contributed by atoms with E-state index in [9.17, 15) is 14.9 Å². The molecular formula is C11H9ClN4O3S3. The topological polar surface area (TPSA) is 98.0 Å². The van der Waals surface area contributed by atoms with E-state index in [1.54, 1.807) is 0 Å². The number of nitrogens with one attached hydrogen (secondary N) is 1. The fourth-order valence-corrected chi connectivity index (χ4v) is 3.83. The number of amides is 1. The average Bonchev–Trinajstić information content (AvgIpc) is 2.95. The number of carbonyl (C=O) groups excluding carboxylic acids is 1. The van der Waals surface area contributed by atoms with E-state index in [1.165, 1.54) is 53.1 Å². The van der Waals surface area contributed by atoms with Crippen molar-refractivity contribution in [3.05, 3.63) is 33.3 Å². The zero-order chi connectivity index (χ0) is 16.1. The highest BCUT2D eigenvalue weighted by molar-refractivity contribution is 8.03. The first kappa shape index (κ1) is 17.0. The van der Waals surface area contributed by atoms with Crippen LogP contribution in [0.2, 0.25) is 5.02 Å². The third kappa shape index (κ3) is 4.57. The van der Waals surface area contributed by atoms with Crippen LogP contribution in [-0.4, -0.2) is 33.0 Å². The van der Waals surface area contributed by atoms with E-state index in [1.807, 2.05) is 6.26 Å². The van der Waals surface area contributed by atoms with Crippen LogP contribution in [-0.2, 0) is 4.79 Å². The third-order valence-electron chi connectivity index (χ3n) is 2.33. The Hall–Kier alpha value is -1.36. The van der Waals surface area contributed by atoms with Gasteiger partial charge in [0.2, 0.25) is 5.91 Å². The summed E-state index contributed by atoms with van der Waals surface area (Å²) in [5.41, 5.74) is 0.204. The van der Waals surface area contributed by atoms with Crippen molar-refractivity contribution in [1.82, 2.24) is 10.2 Å². The Morgan fingerprint density at radius 1 is 1.45 bits per heavy atom. The molecule has 0 fully saturated rings. The molecule has 1 aromatic carbocycles. The largest absolute Gasteiger partial charge is 0.324 e. The molecule has 0 saturated heterocycles. The van der Waals surface area contributed by atoms with Crippen molar-refractivity contribution < 1.29 is 9.72 Å². The minimum Gasteiger partial charge on any atom is -0.324 e. The summed E-state index contributed by atoms with van der Waals surface area (Å²) in [4.78, 5) is 21.9. The van der Waals surface area contributed by atoms with Gasteiger partial charge in [0.1, 0.15) is 0 Å². The molecule has 0 aliphatic heterocycles. The molecule has 0 bridgehead atoms. The molecule has 0 aliphatic carbocycles. The lowest BCUT2D eigenvalue weighted by Gasteiger charge is -2.06. The zero-order valence-corrected chi connectivity index (χ0v) is 14.3. The number of nitrogens with zero attached hydrogens (tertiary/aromatic N) is 3. The highest BCUT2D eigenvalue weighted by atomic mass is 35.5. The minimum atomic E-state index is -0.549. The number of halogens is 1. The van der Waals surface area contributed by atoms with Crippen molar-refractivity contribution in [3.8, 4) is 0 Å². The average molecular weight is 377 g/mol. The van der Waals surface area contributed by atoms with Gasteiger partial charge in [-0.2, -0.15) is 0 Å². The number of thioether (sulfide) groups is 2. The number of benzene rings is 1.